The van der Waals surface area contributed by atoms with Crippen LogP contribution in [0.25, 0.3) is 0 Å². The van der Waals surface area contributed by atoms with Crippen LogP contribution < -0.4 is 4.90 Å². The average Bonchev–Trinajstić information content (AvgIpc) is 3.46. The highest BCUT2D eigenvalue weighted by Crippen LogP contribution is 2.38. The van der Waals surface area contributed by atoms with E-state index in [-0.39, 0.29) is 34.3 Å². The summed E-state index contributed by atoms with van der Waals surface area (Å²) in [7, 11) is -2.16. The molecule has 2 atom stereocenters. The summed E-state index contributed by atoms with van der Waals surface area (Å²) in [5.74, 6) is 10.1. The van der Waals surface area contributed by atoms with Crippen molar-refractivity contribution in [2.24, 2.45) is 17.3 Å². The zero-order chi connectivity index (χ0) is 29.2. The first kappa shape index (κ1) is 30.4. The predicted octanol–water partition coefficient (Wildman–Crippen LogP) is 5.09. The summed E-state index contributed by atoms with van der Waals surface area (Å²) in [6, 6.07) is 1.52. The van der Waals surface area contributed by atoms with Gasteiger partial charge in [-0.3, -0.25) is 9.00 Å². The largest absolute Gasteiger partial charge is 0.477 e. The maximum absolute atomic E-state index is 14.1. The number of hydrogen-bond donors (Lipinski definition) is 1. The Morgan fingerprint density at radius 1 is 1.12 bits per heavy atom. The summed E-state index contributed by atoms with van der Waals surface area (Å²) in [6.45, 7) is 8.98. The maximum Gasteiger partial charge on any atom is 0.410 e. The van der Waals surface area contributed by atoms with Gasteiger partial charge in [0.25, 0.3) is 0 Å². The van der Waals surface area contributed by atoms with E-state index in [0.717, 1.165) is 37.0 Å². The number of carboxylic acids is 1. The van der Waals surface area contributed by atoms with Crippen LogP contribution in [-0.4, -0.2) is 74.8 Å². The predicted molar refractivity (Wildman–Crippen MR) is 161 cm³/mol. The molecule has 2 aliphatic heterocycles. The van der Waals surface area contributed by atoms with Crippen molar-refractivity contribution >= 4 is 50.4 Å². The van der Waals surface area contributed by atoms with E-state index in [1.165, 1.54) is 0 Å². The molecule has 2 saturated heterocycles. The first-order valence-electron chi connectivity index (χ1n) is 14.2. The lowest BCUT2D eigenvalue weighted by Gasteiger charge is -2.40. The summed E-state index contributed by atoms with van der Waals surface area (Å²) >= 11 is 1.11. The zero-order valence-corrected chi connectivity index (χ0v) is 25.7. The molecule has 3 heterocycles. The topological polar surface area (TPSA) is 104 Å². The summed E-state index contributed by atoms with van der Waals surface area (Å²) in [5, 5.41) is 10.1. The summed E-state index contributed by atoms with van der Waals surface area (Å²) in [6.07, 6.45) is 4.32. The Balaban J connectivity index is 1.56. The number of ether oxygens (including phenoxy) is 1. The minimum absolute atomic E-state index is 0.0280. The van der Waals surface area contributed by atoms with E-state index >= 15 is 0 Å². The molecule has 1 aliphatic carbocycles. The molecule has 1 saturated carbocycles. The van der Waals surface area contributed by atoms with E-state index in [1.807, 2.05) is 20.8 Å². The SMILES string of the molecule is C=S1(=O)CCC(OC(=O)N2CCC(N(C(=O)C3CCC(C)CC3)c3cc(C#CC(C)(C)C)sc3C(=O)O)CC2)C1. The zero-order valence-electron chi connectivity index (χ0n) is 24.1. The van der Waals surface area contributed by atoms with Gasteiger partial charge in [-0.15, -0.1) is 11.3 Å². The molecule has 0 aromatic carbocycles. The highest BCUT2D eigenvalue weighted by molar-refractivity contribution is 8.00. The van der Waals surface area contributed by atoms with Crippen LogP contribution >= 0.6 is 11.3 Å². The Morgan fingerprint density at radius 3 is 2.33 bits per heavy atom. The minimum Gasteiger partial charge on any atom is -0.477 e. The third kappa shape index (κ3) is 7.61. The number of amides is 2. The van der Waals surface area contributed by atoms with E-state index in [0.29, 0.717) is 60.3 Å². The molecule has 3 aliphatic rings. The lowest BCUT2D eigenvalue weighted by atomic mass is 9.82. The summed E-state index contributed by atoms with van der Waals surface area (Å²) in [5.41, 5.74) is 0.169. The van der Waals surface area contributed by atoms with Gasteiger partial charge in [0.1, 0.15) is 11.0 Å². The fourth-order valence-electron chi connectivity index (χ4n) is 5.69. The van der Waals surface area contributed by atoms with Crippen LogP contribution in [0.1, 0.15) is 87.2 Å². The molecule has 1 aromatic heterocycles. The Bertz CT molecular complexity index is 1280. The van der Waals surface area contributed by atoms with E-state index in [4.69, 9.17) is 4.74 Å². The number of anilines is 1. The first-order valence-corrected chi connectivity index (χ1v) is 17.1. The normalized spacial score (nSPS) is 27.5. The van der Waals surface area contributed by atoms with Crippen LogP contribution in [-0.2, 0) is 19.1 Å². The molecule has 2 amide bonds. The third-order valence-electron chi connectivity index (χ3n) is 7.99. The van der Waals surface area contributed by atoms with Crippen molar-refractivity contribution in [3.8, 4) is 11.8 Å². The van der Waals surface area contributed by atoms with Gasteiger partial charge in [-0.2, -0.15) is 0 Å². The molecule has 0 spiro atoms. The van der Waals surface area contributed by atoms with Crippen LogP contribution in [0, 0.1) is 29.1 Å². The molecule has 8 nitrogen and oxygen atoms in total. The van der Waals surface area contributed by atoms with Gasteiger partial charge in [-0.1, -0.05) is 18.8 Å². The third-order valence-corrected chi connectivity index (χ3v) is 11.0. The number of rotatable bonds is 5. The number of carboxylic acid groups (broad SMARTS) is 1. The van der Waals surface area contributed by atoms with Crippen molar-refractivity contribution in [2.75, 3.05) is 29.5 Å². The summed E-state index contributed by atoms with van der Waals surface area (Å²) in [4.78, 5) is 43.4. The van der Waals surface area contributed by atoms with E-state index in [9.17, 15) is 23.7 Å². The van der Waals surface area contributed by atoms with Gasteiger partial charge in [-0.05, 0) is 93.1 Å². The number of thiophene rings is 1. The molecule has 0 bridgehead atoms. The minimum atomic E-state index is -2.16. The molecular formula is C30H42N2O6S2. The van der Waals surface area contributed by atoms with Crippen molar-refractivity contribution in [1.82, 2.24) is 4.90 Å². The number of carbonyl (C=O) groups excluding carboxylic acids is 2. The fraction of sp³-hybridized carbons (Fsp3) is 0.667. The van der Waals surface area contributed by atoms with Crippen molar-refractivity contribution < 1.29 is 28.4 Å². The second-order valence-electron chi connectivity index (χ2n) is 12.6. The molecule has 3 fully saturated rings. The van der Waals surface area contributed by atoms with Crippen molar-refractivity contribution in [2.45, 2.75) is 84.8 Å². The van der Waals surface area contributed by atoms with Crippen molar-refractivity contribution in [1.29, 1.82) is 0 Å². The number of nitrogens with zero attached hydrogens (tertiary/aromatic N) is 2. The Kier molecular flexibility index (Phi) is 9.25. The van der Waals surface area contributed by atoms with Crippen LogP contribution in [0.5, 0.6) is 0 Å². The molecule has 2 unspecified atom stereocenters. The molecule has 0 radical (unpaired) electrons. The summed E-state index contributed by atoms with van der Waals surface area (Å²) < 4.78 is 17.8. The van der Waals surface area contributed by atoms with Gasteiger partial charge < -0.3 is 19.6 Å². The van der Waals surface area contributed by atoms with Gasteiger partial charge in [0.15, 0.2) is 0 Å². The standard InChI is InChI=1S/C30H42N2O6S2/c1-20-6-8-21(9-7-20)27(33)32(25-18-24(10-14-30(2,3)4)39-26(25)28(34)35)22-11-15-31(16-12-22)29(36)38-23-13-17-40(5,37)19-23/h18,20-23H,5-9,11-13,15-17,19H2,1-4H3,(H,34,35). The number of piperidine rings is 1. The molecule has 220 valence electrons. The molecule has 40 heavy (non-hydrogen) atoms. The van der Waals surface area contributed by atoms with Gasteiger partial charge in [-0.25, -0.2) is 9.59 Å². The average molecular weight is 591 g/mol. The molecule has 10 heteroatoms. The van der Waals surface area contributed by atoms with Gasteiger partial charge in [0.2, 0.25) is 5.91 Å². The van der Waals surface area contributed by atoms with Gasteiger partial charge >= 0.3 is 12.1 Å². The first-order chi connectivity index (χ1) is 18.7. The molecule has 4 rings (SSSR count). The second-order valence-corrected chi connectivity index (χ2v) is 16.4. The Morgan fingerprint density at radius 2 is 1.77 bits per heavy atom. The molecule has 1 aromatic rings. The monoisotopic (exact) mass is 590 g/mol. The van der Waals surface area contributed by atoms with Crippen molar-refractivity contribution in [3.05, 3.63) is 15.8 Å². The van der Waals surface area contributed by atoms with E-state index in [2.05, 4.69) is 24.6 Å². The number of carbonyl (C=O) groups is 3. The highest BCUT2D eigenvalue weighted by atomic mass is 32.2. The molecule has 1 N–H and O–H groups in total. The lowest BCUT2D eigenvalue weighted by molar-refractivity contribution is -0.124. The molecular weight excluding hydrogens is 548 g/mol. The van der Waals surface area contributed by atoms with Gasteiger partial charge in [0, 0.05) is 36.2 Å². The van der Waals surface area contributed by atoms with Crippen LogP contribution in [0.2, 0.25) is 0 Å². The second kappa shape index (κ2) is 12.2. The van der Waals surface area contributed by atoms with E-state index < -0.39 is 21.6 Å². The quantitative estimate of drug-likeness (QED) is 0.378. The maximum atomic E-state index is 14.1. The Labute approximate surface area is 242 Å². The van der Waals surface area contributed by atoms with Gasteiger partial charge in [0.05, 0.1) is 16.3 Å². The van der Waals surface area contributed by atoms with Crippen LogP contribution in [0.3, 0.4) is 0 Å². The number of hydrogen-bond acceptors (Lipinski definition) is 6. The lowest BCUT2D eigenvalue weighted by Crippen LogP contribution is -2.51. The fourth-order valence-corrected chi connectivity index (χ4v) is 8.30. The number of likely N-dealkylation sites (tertiary alicyclic amines) is 1. The number of aromatic carboxylic acids is 1. The Hall–Kier alpha value is -2.51. The van der Waals surface area contributed by atoms with E-state index in [1.54, 1.807) is 15.9 Å². The van der Waals surface area contributed by atoms with Crippen LogP contribution in [0.15, 0.2) is 6.07 Å². The van der Waals surface area contributed by atoms with Crippen molar-refractivity contribution in [3.63, 3.8) is 0 Å². The smallest absolute Gasteiger partial charge is 0.410 e. The highest BCUT2D eigenvalue weighted by Gasteiger charge is 2.38. The van der Waals surface area contributed by atoms with Crippen LogP contribution in [0.4, 0.5) is 10.5 Å².